The van der Waals surface area contributed by atoms with Gasteiger partial charge in [0.25, 0.3) is 0 Å². The van der Waals surface area contributed by atoms with E-state index in [1.165, 1.54) is 0 Å². The molecule has 0 heterocycles. The molecule has 0 radical (unpaired) electrons. The van der Waals surface area contributed by atoms with Crippen LogP contribution in [0, 0.1) is 69.8 Å². The molecule has 5 rings (SSSR count). The summed E-state index contributed by atoms with van der Waals surface area (Å²) in [6.45, 7) is 0. The minimum Gasteiger partial charge on any atom is -0.206 e. The normalized spacial score (nSPS) is 12.2. The molecule has 0 aromatic heterocycles. The maximum atomic E-state index is 15.3. The fourth-order valence-electron chi connectivity index (χ4n) is 4.68. The van der Waals surface area contributed by atoms with Gasteiger partial charge in [0.1, 0.15) is 11.4 Å². The van der Waals surface area contributed by atoms with E-state index in [-0.39, 0.29) is 12.1 Å². The molecular formula is C27H5F15. The highest BCUT2D eigenvalue weighted by atomic mass is 19.4. The number of fused-ring (bicyclic) bond motifs is 2. The van der Waals surface area contributed by atoms with Crippen molar-refractivity contribution < 1.29 is 65.9 Å². The summed E-state index contributed by atoms with van der Waals surface area (Å²) in [6.07, 6.45) is -6.01. The summed E-state index contributed by atoms with van der Waals surface area (Å²) in [5.74, 6) is -30.0. The molecule has 5 aromatic rings. The van der Waals surface area contributed by atoms with E-state index in [1.807, 2.05) is 0 Å². The van der Waals surface area contributed by atoms with Crippen LogP contribution in [0.25, 0.3) is 43.8 Å². The van der Waals surface area contributed by atoms with Crippen LogP contribution in [0.5, 0.6) is 0 Å². The highest BCUT2D eigenvalue weighted by Crippen LogP contribution is 2.49. The minimum atomic E-state index is -6.01. The Kier molecular flexibility index (Phi) is 6.62. The highest BCUT2D eigenvalue weighted by molar-refractivity contribution is 6.21. The first-order valence-electron chi connectivity index (χ1n) is 11.0. The fraction of sp³-hybridized carbons (Fsp3) is 0.0370. The predicted molar refractivity (Wildman–Crippen MR) is 117 cm³/mol. The Morgan fingerprint density at radius 3 is 1.26 bits per heavy atom. The lowest BCUT2D eigenvalue weighted by Crippen LogP contribution is -2.16. The fourth-order valence-corrected chi connectivity index (χ4v) is 4.68. The molecule has 0 nitrogen and oxygen atoms in total. The van der Waals surface area contributed by atoms with Gasteiger partial charge in [0.15, 0.2) is 58.2 Å². The third kappa shape index (κ3) is 3.96. The maximum Gasteiger partial charge on any atom is 0.422 e. The average molecular weight is 614 g/mol. The molecule has 0 atom stereocenters. The lowest BCUT2D eigenvalue weighted by molar-refractivity contribution is -0.143. The molecule has 5 aromatic carbocycles. The molecule has 42 heavy (non-hydrogen) atoms. The van der Waals surface area contributed by atoms with E-state index >= 15 is 13.2 Å². The van der Waals surface area contributed by atoms with Crippen molar-refractivity contribution in [2.75, 3.05) is 0 Å². The van der Waals surface area contributed by atoms with Crippen LogP contribution in [0.4, 0.5) is 65.9 Å². The predicted octanol–water partition coefficient (Wildman–Crippen LogP) is 10.0. The molecular weight excluding hydrogens is 609 g/mol. The van der Waals surface area contributed by atoms with Crippen LogP contribution in [0.15, 0.2) is 30.3 Å². The lowest BCUT2D eigenvalue weighted by Gasteiger charge is -2.21. The van der Waals surface area contributed by atoms with E-state index in [2.05, 4.69) is 0 Å². The summed E-state index contributed by atoms with van der Waals surface area (Å²) >= 11 is 0. The van der Waals surface area contributed by atoms with Crippen molar-refractivity contribution in [3.8, 4) is 22.3 Å². The van der Waals surface area contributed by atoms with Crippen LogP contribution < -0.4 is 0 Å². The summed E-state index contributed by atoms with van der Waals surface area (Å²) in [7, 11) is 0. The molecule has 0 aliphatic rings. The van der Waals surface area contributed by atoms with Crippen molar-refractivity contribution in [1.29, 1.82) is 0 Å². The van der Waals surface area contributed by atoms with Gasteiger partial charge in [-0.25, -0.2) is 52.7 Å². The second kappa shape index (κ2) is 9.56. The molecule has 0 fully saturated rings. The number of hydrogen-bond donors (Lipinski definition) is 0. The SMILES string of the molecule is Fc1cc2c(-c3c(F)c(F)c(F)c(F)c3F)c3cccc(F)c3c(-c3c(F)c(F)c(C(F)(F)F)c(F)c3F)c2cc1F. The molecule has 0 spiro atoms. The van der Waals surface area contributed by atoms with Gasteiger partial charge in [0.05, 0.1) is 11.1 Å². The summed E-state index contributed by atoms with van der Waals surface area (Å²) < 4.78 is 215. The van der Waals surface area contributed by atoms with E-state index in [0.29, 0.717) is 12.1 Å². The quantitative estimate of drug-likeness (QED) is 0.0804. The molecule has 0 saturated heterocycles. The third-order valence-corrected chi connectivity index (χ3v) is 6.39. The van der Waals surface area contributed by atoms with Crippen molar-refractivity contribution in [2.24, 2.45) is 0 Å². The Morgan fingerprint density at radius 1 is 0.381 bits per heavy atom. The molecule has 0 aliphatic heterocycles. The lowest BCUT2D eigenvalue weighted by atomic mass is 9.84. The topological polar surface area (TPSA) is 0 Å². The van der Waals surface area contributed by atoms with Crippen LogP contribution in [0.3, 0.4) is 0 Å². The molecule has 0 N–H and O–H groups in total. The molecule has 0 unspecified atom stereocenters. The van der Waals surface area contributed by atoms with E-state index < -0.39 is 125 Å². The van der Waals surface area contributed by atoms with Crippen molar-refractivity contribution in [1.82, 2.24) is 0 Å². The minimum absolute atomic E-state index is 0.0263. The summed E-state index contributed by atoms with van der Waals surface area (Å²) in [6, 6.07) is 1.82. The van der Waals surface area contributed by atoms with Gasteiger partial charge in [-0.2, -0.15) is 13.2 Å². The highest BCUT2D eigenvalue weighted by Gasteiger charge is 2.43. The molecule has 0 amide bonds. The van der Waals surface area contributed by atoms with Crippen LogP contribution >= 0.6 is 0 Å². The van der Waals surface area contributed by atoms with Gasteiger partial charge in [0.2, 0.25) is 5.82 Å². The number of rotatable bonds is 2. The van der Waals surface area contributed by atoms with Crippen LogP contribution in [-0.4, -0.2) is 0 Å². The van der Waals surface area contributed by atoms with Gasteiger partial charge in [-0.15, -0.1) is 0 Å². The van der Waals surface area contributed by atoms with Crippen LogP contribution in [0.2, 0.25) is 0 Å². The molecule has 15 heteroatoms. The first-order chi connectivity index (χ1) is 19.5. The second-order valence-corrected chi connectivity index (χ2v) is 8.67. The van der Waals surface area contributed by atoms with Gasteiger partial charge in [-0.05, 0) is 34.4 Å². The van der Waals surface area contributed by atoms with Crippen molar-refractivity contribution in [2.45, 2.75) is 6.18 Å². The Bertz CT molecular complexity index is 1930. The van der Waals surface area contributed by atoms with E-state index in [0.717, 1.165) is 6.07 Å². The van der Waals surface area contributed by atoms with Gasteiger partial charge in [0, 0.05) is 16.5 Å². The monoisotopic (exact) mass is 614 g/mol. The smallest absolute Gasteiger partial charge is 0.206 e. The average Bonchev–Trinajstić information content (AvgIpc) is 2.91. The number of alkyl halides is 3. The van der Waals surface area contributed by atoms with Gasteiger partial charge in [-0.1, -0.05) is 12.1 Å². The van der Waals surface area contributed by atoms with Gasteiger partial charge >= 0.3 is 6.18 Å². The van der Waals surface area contributed by atoms with Crippen molar-refractivity contribution in [3.63, 3.8) is 0 Å². The standard InChI is InChI=1S/C27H5F15/c28-9-3-1-2-6-12(15-20(33)24(37)26(39)25(38)21(15)34)7-4-10(29)11(30)5-8(7)14(13(6)9)16-18(31)22(35)17(27(40,41)42)23(36)19(16)32/h1-5H. The second-order valence-electron chi connectivity index (χ2n) is 8.67. The molecule has 218 valence electrons. The summed E-state index contributed by atoms with van der Waals surface area (Å²) in [5, 5.41) is -4.76. The number of hydrogen-bond acceptors (Lipinski definition) is 0. The first-order valence-corrected chi connectivity index (χ1v) is 11.0. The number of halogens is 15. The zero-order valence-electron chi connectivity index (χ0n) is 19.6. The van der Waals surface area contributed by atoms with Gasteiger partial charge in [-0.3, -0.25) is 0 Å². The first kappa shape index (κ1) is 29.1. The zero-order chi connectivity index (χ0) is 31.2. The third-order valence-electron chi connectivity index (χ3n) is 6.39. The zero-order valence-corrected chi connectivity index (χ0v) is 19.6. The van der Waals surface area contributed by atoms with Crippen LogP contribution in [0.1, 0.15) is 5.56 Å². The Labute approximate surface area is 222 Å². The van der Waals surface area contributed by atoms with E-state index in [1.54, 1.807) is 0 Å². The Morgan fingerprint density at radius 2 is 0.786 bits per heavy atom. The maximum absolute atomic E-state index is 15.3. The van der Waals surface area contributed by atoms with E-state index in [4.69, 9.17) is 0 Å². The largest absolute Gasteiger partial charge is 0.422 e. The van der Waals surface area contributed by atoms with Gasteiger partial charge < -0.3 is 0 Å². The van der Waals surface area contributed by atoms with E-state index in [9.17, 15) is 52.7 Å². The Hall–Kier alpha value is -4.43. The van der Waals surface area contributed by atoms with Crippen LogP contribution in [-0.2, 0) is 6.18 Å². The van der Waals surface area contributed by atoms with Crippen molar-refractivity contribution >= 4 is 21.5 Å². The molecule has 0 saturated carbocycles. The summed E-state index contributed by atoms with van der Waals surface area (Å²) in [4.78, 5) is 0. The molecule has 0 bridgehead atoms. The summed E-state index contributed by atoms with van der Waals surface area (Å²) in [5.41, 5.74) is -9.72. The molecule has 0 aliphatic carbocycles. The number of benzene rings is 5. The van der Waals surface area contributed by atoms with Crippen molar-refractivity contribution in [3.05, 3.63) is 106 Å². The Balaban J connectivity index is 2.14.